The van der Waals surface area contributed by atoms with Crippen LogP contribution in [-0.2, 0) is 10.3 Å². The van der Waals surface area contributed by atoms with E-state index in [0.29, 0.717) is 12.5 Å². The molecule has 2 fully saturated rings. The maximum atomic E-state index is 12.6. The molecule has 5 nitrogen and oxygen atoms in total. The average molecular weight is 293 g/mol. The molecule has 1 aromatic rings. The zero-order valence-corrected chi connectivity index (χ0v) is 12.3. The van der Waals surface area contributed by atoms with E-state index >= 15 is 0 Å². The second-order valence-electron chi connectivity index (χ2n) is 5.66. The SMILES string of the molecule is CC1(c2cccs2)NC(=O)N(CC2CCCNC2)C1=O. The van der Waals surface area contributed by atoms with Crippen LogP contribution in [0.1, 0.15) is 24.6 Å². The van der Waals surface area contributed by atoms with Gasteiger partial charge in [-0.1, -0.05) is 6.07 Å². The highest BCUT2D eigenvalue weighted by molar-refractivity contribution is 7.10. The van der Waals surface area contributed by atoms with Crippen molar-refractivity contribution in [3.05, 3.63) is 22.4 Å². The fraction of sp³-hybridized carbons (Fsp3) is 0.571. The van der Waals surface area contributed by atoms with Gasteiger partial charge in [0.25, 0.3) is 5.91 Å². The van der Waals surface area contributed by atoms with Crippen LogP contribution >= 0.6 is 11.3 Å². The lowest BCUT2D eigenvalue weighted by atomic mass is 9.97. The molecule has 108 valence electrons. The second kappa shape index (κ2) is 5.18. The highest BCUT2D eigenvalue weighted by atomic mass is 32.1. The standard InChI is InChI=1S/C14H19N3O2S/c1-14(11-5-3-7-20-11)12(18)17(13(19)16-14)9-10-4-2-6-15-8-10/h3,5,7,10,15H,2,4,6,8-9H2,1H3,(H,16,19). The number of hydrogen-bond acceptors (Lipinski definition) is 4. The lowest BCUT2D eigenvalue weighted by molar-refractivity contribution is -0.131. The van der Waals surface area contributed by atoms with Crippen LogP contribution in [0.2, 0.25) is 0 Å². The van der Waals surface area contributed by atoms with E-state index in [0.717, 1.165) is 30.8 Å². The Morgan fingerprint density at radius 2 is 2.35 bits per heavy atom. The van der Waals surface area contributed by atoms with Gasteiger partial charge in [0.1, 0.15) is 0 Å². The number of carbonyl (C=O) groups is 2. The van der Waals surface area contributed by atoms with E-state index in [-0.39, 0.29) is 11.9 Å². The fourth-order valence-corrected chi connectivity index (χ4v) is 3.77. The Balaban J connectivity index is 1.76. The maximum Gasteiger partial charge on any atom is 0.325 e. The number of nitrogens with zero attached hydrogens (tertiary/aromatic N) is 1. The van der Waals surface area contributed by atoms with Gasteiger partial charge in [-0.2, -0.15) is 0 Å². The topological polar surface area (TPSA) is 61.4 Å². The van der Waals surface area contributed by atoms with Gasteiger partial charge < -0.3 is 10.6 Å². The largest absolute Gasteiger partial charge is 0.325 e. The molecule has 2 aliphatic heterocycles. The average Bonchev–Trinajstić information content (AvgIpc) is 3.05. The second-order valence-corrected chi connectivity index (χ2v) is 6.61. The first-order valence-electron chi connectivity index (χ1n) is 7.00. The third kappa shape index (κ3) is 2.23. The van der Waals surface area contributed by atoms with Gasteiger partial charge in [-0.25, -0.2) is 4.79 Å². The molecule has 0 aromatic carbocycles. The number of rotatable bonds is 3. The van der Waals surface area contributed by atoms with Crippen molar-refractivity contribution in [2.24, 2.45) is 5.92 Å². The quantitative estimate of drug-likeness (QED) is 0.831. The van der Waals surface area contributed by atoms with Crippen LogP contribution in [0.25, 0.3) is 0 Å². The number of urea groups is 1. The molecule has 2 aliphatic rings. The molecule has 3 amide bonds. The van der Waals surface area contributed by atoms with Crippen LogP contribution < -0.4 is 10.6 Å². The van der Waals surface area contributed by atoms with Crippen LogP contribution in [0.5, 0.6) is 0 Å². The summed E-state index contributed by atoms with van der Waals surface area (Å²) in [5.41, 5.74) is -0.895. The van der Waals surface area contributed by atoms with Gasteiger partial charge in [-0.15, -0.1) is 11.3 Å². The van der Waals surface area contributed by atoms with Crippen molar-refractivity contribution < 1.29 is 9.59 Å². The number of nitrogens with one attached hydrogen (secondary N) is 2. The fourth-order valence-electron chi connectivity index (χ4n) is 2.93. The van der Waals surface area contributed by atoms with E-state index in [2.05, 4.69) is 10.6 Å². The number of carbonyl (C=O) groups excluding carboxylic acids is 2. The summed E-state index contributed by atoms with van der Waals surface area (Å²) in [6.45, 7) is 4.22. The van der Waals surface area contributed by atoms with Crippen molar-refractivity contribution in [2.45, 2.75) is 25.3 Å². The van der Waals surface area contributed by atoms with Crippen LogP contribution in [-0.4, -0.2) is 36.5 Å². The minimum atomic E-state index is -0.895. The molecule has 20 heavy (non-hydrogen) atoms. The molecule has 1 aromatic heterocycles. The minimum absolute atomic E-state index is 0.129. The Morgan fingerprint density at radius 3 is 3.00 bits per heavy atom. The predicted molar refractivity (Wildman–Crippen MR) is 77.5 cm³/mol. The maximum absolute atomic E-state index is 12.6. The van der Waals surface area contributed by atoms with Gasteiger partial charge >= 0.3 is 6.03 Å². The monoisotopic (exact) mass is 293 g/mol. The van der Waals surface area contributed by atoms with Gasteiger partial charge in [0.2, 0.25) is 0 Å². The minimum Gasteiger partial charge on any atom is -0.319 e. The Morgan fingerprint density at radius 1 is 1.50 bits per heavy atom. The Bertz CT molecular complexity index is 510. The lowest BCUT2D eigenvalue weighted by Gasteiger charge is -2.26. The molecule has 0 spiro atoms. The first-order valence-corrected chi connectivity index (χ1v) is 7.88. The van der Waals surface area contributed by atoms with Crippen LogP contribution in [0.3, 0.4) is 0 Å². The Kier molecular flexibility index (Phi) is 3.52. The normalized spacial score (nSPS) is 30.6. The molecule has 6 heteroatoms. The smallest absolute Gasteiger partial charge is 0.319 e. The van der Waals surface area contributed by atoms with E-state index in [1.807, 2.05) is 17.5 Å². The van der Waals surface area contributed by atoms with Crippen molar-refractivity contribution in [1.82, 2.24) is 15.5 Å². The third-order valence-electron chi connectivity index (χ3n) is 4.13. The summed E-state index contributed by atoms with van der Waals surface area (Å²) in [5, 5.41) is 8.09. The van der Waals surface area contributed by atoms with Crippen molar-refractivity contribution in [3.63, 3.8) is 0 Å². The third-order valence-corrected chi connectivity index (χ3v) is 5.22. The Hall–Kier alpha value is -1.40. The summed E-state index contributed by atoms with van der Waals surface area (Å²) >= 11 is 1.50. The summed E-state index contributed by atoms with van der Waals surface area (Å²) < 4.78 is 0. The van der Waals surface area contributed by atoms with Gasteiger partial charge in [0, 0.05) is 11.4 Å². The molecule has 2 atom stereocenters. The lowest BCUT2D eigenvalue weighted by Crippen LogP contribution is -2.43. The first-order chi connectivity index (χ1) is 9.61. The number of piperidine rings is 1. The number of imide groups is 1. The predicted octanol–water partition coefficient (Wildman–Crippen LogP) is 1.51. The molecule has 2 unspecified atom stereocenters. The molecule has 0 aliphatic carbocycles. The van der Waals surface area contributed by atoms with Gasteiger partial charge in [-0.3, -0.25) is 9.69 Å². The van der Waals surface area contributed by atoms with Crippen LogP contribution in [0.15, 0.2) is 17.5 Å². The molecule has 0 radical (unpaired) electrons. The van der Waals surface area contributed by atoms with Crippen LogP contribution in [0.4, 0.5) is 4.79 Å². The molecule has 3 rings (SSSR count). The van der Waals surface area contributed by atoms with Crippen molar-refractivity contribution in [3.8, 4) is 0 Å². The highest BCUT2D eigenvalue weighted by Crippen LogP contribution is 2.32. The number of amides is 3. The van der Waals surface area contributed by atoms with Gasteiger partial charge in [-0.05, 0) is 50.2 Å². The molecule has 3 heterocycles. The first kappa shape index (κ1) is 13.6. The van der Waals surface area contributed by atoms with E-state index < -0.39 is 5.54 Å². The van der Waals surface area contributed by atoms with Crippen LogP contribution in [0, 0.1) is 5.92 Å². The zero-order chi connectivity index (χ0) is 14.2. The molecular weight excluding hydrogens is 274 g/mol. The van der Waals surface area contributed by atoms with Crippen molar-refractivity contribution in [2.75, 3.05) is 19.6 Å². The van der Waals surface area contributed by atoms with Crippen molar-refractivity contribution in [1.29, 1.82) is 0 Å². The van der Waals surface area contributed by atoms with E-state index in [1.165, 1.54) is 16.2 Å². The van der Waals surface area contributed by atoms with E-state index in [9.17, 15) is 9.59 Å². The molecule has 2 saturated heterocycles. The highest BCUT2D eigenvalue weighted by Gasteiger charge is 2.49. The van der Waals surface area contributed by atoms with E-state index in [4.69, 9.17) is 0 Å². The summed E-state index contributed by atoms with van der Waals surface area (Å²) in [6, 6.07) is 3.53. The van der Waals surface area contributed by atoms with E-state index in [1.54, 1.807) is 6.92 Å². The summed E-state index contributed by atoms with van der Waals surface area (Å²) in [6.07, 6.45) is 2.18. The number of thiophene rings is 1. The molecule has 2 N–H and O–H groups in total. The summed E-state index contributed by atoms with van der Waals surface area (Å²) in [7, 11) is 0. The van der Waals surface area contributed by atoms with Gasteiger partial charge in [0.15, 0.2) is 5.54 Å². The summed E-state index contributed by atoms with van der Waals surface area (Å²) in [5.74, 6) is 0.236. The van der Waals surface area contributed by atoms with Crippen molar-refractivity contribution >= 4 is 23.3 Å². The molecule has 0 bridgehead atoms. The Labute approximate surface area is 122 Å². The molecule has 0 saturated carbocycles. The van der Waals surface area contributed by atoms with Gasteiger partial charge in [0.05, 0.1) is 0 Å². The number of hydrogen-bond donors (Lipinski definition) is 2. The zero-order valence-electron chi connectivity index (χ0n) is 11.5. The summed E-state index contributed by atoms with van der Waals surface area (Å²) in [4.78, 5) is 27.1. The molecular formula is C14H19N3O2S.